The van der Waals surface area contributed by atoms with Crippen molar-refractivity contribution in [3.05, 3.63) is 33.4 Å². The van der Waals surface area contributed by atoms with Crippen molar-refractivity contribution in [2.75, 3.05) is 0 Å². The fourth-order valence-electron chi connectivity index (χ4n) is 2.32. The Bertz CT molecular complexity index is 311. The molecule has 1 nitrogen and oxygen atoms in total. The highest BCUT2D eigenvalue weighted by atomic mass is 127. The van der Waals surface area contributed by atoms with Crippen LogP contribution in [0.1, 0.15) is 37.2 Å². The average Bonchev–Trinajstić information content (AvgIpc) is 2.20. The molecule has 1 saturated carbocycles. The topological polar surface area (TPSA) is 26.0 Å². The lowest BCUT2D eigenvalue weighted by Crippen LogP contribution is -2.31. The average molecular weight is 301 g/mol. The summed E-state index contributed by atoms with van der Waals surface area (Å²) in [5.41, 5.74) is 7.64. The third-order valence-electron chi connectivity index (χ3n) is 3.12. The molecular weight excluding hydrogens is 285 g/mol. The fraction of sp³-hybridized carbons (Fsp3) is 0.500. The predicted octanol–water partition coefficient (Wildman–Crippen LogP) is 3.28. The quantitative estimate of drug-likeness (QED) is 0.792. The molecule has 0 spiro atoms. The number of hydrogen-bond donors (Lipinski definition) is 1. The summed E-state index contributed by atoms with van der Waals surface area (Å²) in [5.74, 6) is 0.594. The van der Waals surface area contributed by atoms with Gasteiger partial charge < -0.3 is 5.73 Å². The molecule has 2 atom stereocenters. The van der Waals surface area contributed by atoms with Gasteiger partial charge in [0.2, 0.25) is 0 Å². The van der Waals surface area contributed by atoms with Crippen LogP contribution in [0.15, 0.2) is 24.3 Å². The molecule has 2 N–H and O–H groups in total. The van der Waals surface area contributed by atoms with E-state index in [1.807, 2.05) is 0 Å². The summed E-state index contributed by atoms with van der Waals surface area (Å²) >= 11 is 2.42. The molecule has 1 aromatic rings. The van der Waals surface area contributed by atoms with E-state index < -0.39 is 0 Å². The van der Waals surface area contributed by atoms with Crippen molar-refractivity contribution >= 4 is 22.6 Å². The van der Waals surface area contributed by atoms with E-state index in [9.17, 15) is 0 Å². The molecular formula is C12H16IN. The van der Waals surface area contributed by atoms with Gasteiger partial charge in [0.15, 0.2) is 0 Å². The lowest BCUT2D eigenvalue weighted by molar-refractivity contribution is 0.384. The van der Waals surface area contributed by atoms with Crippen LogP contribution in [0, 0.1) is 3.57 Å². The van der Waals surface area contributed by atoms with Crippen molar-refractivity contribution in [1.82, 2.24) is 0 Å². The molecule has 1 aromatic carbocycles. The van der Waals surface area contributed by atoms with E-state index in [4.69, 9.17) is 5.73 Å². The van der Waals surface area contributed by atoms with E-state index in [0.717, 1.165) is 0 Å². The van der Waals surface area contributed by atoms with Gasteiger partial charge in [0, 0.05) is 15.5 Å². The van der Waals surface area contributed by atoms with Crippen LogP contribution in [-0.2, 0) is 0 Å². The van der Waals surface area contributed by atoms with Crippen molar-refractivity contribution < 1.29 is 0 Å². The van der Waals surface area contributed by atoms with Gasteiger partial charge in [0.1, 0.15) is 0 Å². The number of rotatable bonds is 1. The van der Waals surface area contributed by atoms with Crippen molar-refractivity contribution in [3.63, 3.8) is 0 Å². The van der Waals surface area contributed by atoms with Gasteiger partial charge >= 0.3 is 0 Å². The number of benzene rings is 1. The predicted molar refractivity (Wildman–Crippen MR) is 68.3 cm³/mol. The third-order valence-corrected chi connectivity index (χ3v) is 4.11. The Balaban J connectivity index is 2.25. The summed E-state index contributed by atoms with van der Waals surface area (Å²) in [6, 6.07) is 9.01. The van der Waals surface area contributed by atoms with Gasteiger partial charge in [0.05, 0.1) is 0 Å². The maximum atomic E-state index is 6.18. The van der Waals surface area contributed by atoms with Crippen LogP contribution in [0.2, 0.25) is 0 Å². The van der Waals surface area contributed by atoms with E-state index >= 15 is 0 Å². The van der Waals surface area contributed by atoms with Crippen LogP contribution >= 0.6 is 22.6 Å². The summed E-state index contributed by atoms with van der Waals surface area (Å²) < 4.78 is 1.37. The summed E-state index contributed by atoms with van der Waals surface area (Å²) in [7, 11) is 0. The lowest BCUT2D eigenvalue weighted by Gasteiger charge is -2.29. The minimum absolute atomic E-state index is 0.375. The Hall–Kier alpha value is -0.0900. The second-order valence-electron chi connectivity index (χ2n) is 4.08. The third kappa shape index (κ3) is 2.11. The molecule has 0 unspecified atom stereocenters. The van der Waals surface area contributed by atoms with Crippen molar-refractivity contribution in [2.45, 2.75) is 37.6 Å². The van der Waals surface area contributed by atoms with Gasteiger partial charge in [-0.05, 0) is 47.1 Å². The van der Waals surface area contributed by atoms with Crippen LogP contribution in [0.25, 0.3) is 0 Å². The van der Waals surface area contributed by atoms with Crippen molar-refractivity contribution in [3.8, 4) is 0 Å². The first-order chi connectivity index (χ1) is 6.79. The van der Waals surface area contributed by atoms with Gasteiger partial charge in [-0.15, -0.1) is 0 Å². The van der Waals surface area contributed by atoms with Gasteiger partial charge in [-0.1, -0.05) is 31.0 Å². The SMILES string of the molecule is N[C@@H]1CCCC[C@H]1c1ccccc1I. The maximum Gasteiger partial charge on any atom is 0.0165 e. The smallest absolute Gasteiger partial charge is 0.0165 e. The van der Waals surface area contributed by atoms with E-state index in [-0.39, 0.29) is 0 Å². The minimum atomic E-state index is 0.375. The molecule has 0 radical (unpaired) electrons. The summed E-state index contributed by atoms with van der Waals surface area (Å²) in [6.45, 7) is 0. The maximum absolute atomic E-state index is 6.18. The van der Waals surface area contributed by atoms with E-state index in [0.29, 0.717) is 12.0 Å². The first-order valence-electron chi connectivity index (χ1n) is 5.29. The summed E-state index contributed by atoms with van der Waals surface area (Å²) in [5, 5.41) is 0. The zero-order chi connectivity index (χ0) is 9.97. The first-order valence-corrected chi connectivity index (χ1v) is 6.37. The fourth-order valence-corrected chi connectivity index (χ4v) is 3.11. The highest BCUT2D eigenvalue weighted by Gasteiger charge is 2.24. The molecule has 1 aliphatic rings. The molecule has 0 amide bonds. The Kier molecular flexibility index (Phi) is 3.44. The second kappa shape index (κ2) is 4.62. The highest BCUT2D eigenvalue weighted by Crippen LogP contribution is 2.33. The molecule has 14 heavy (non-hydrogen) atoms. The van der Waals surface area contributed by atoms with Gasteiger partial charge in [-0.2, -0.15) is 0 Å². The molecule has 0 saturated heterocycles. The molecule has 1 aliphatic carbocycles. The second-order valence-corrected chi connectivity index (χ2v) is 5.24. The van der Waals surface area contributed by atoms with Crippen molar-refractivity contribution in [1.29, 1.82) is 0 Å². The van der Waals surface area contributed by atoms with Gasteiger partial charge in [-0.25, -0.2) is 0 Å². The van der Waals surface area contributed by atoms with Crippen LogP contribution < -0.4 is 5.73 Å². The Morgan fingerprint density at radius 3 is 2.57 bits per heavy atom. The molecule has 0 heterocycles. The monoisotopic (exact) mass is 301 g/mol. The lowest BCUT2D eigenvalue weighted by atomic mass is 9.80. The molecule has 0 bridgehead atoms. The molecule has 76 valence electrons. The molecule has 2 heteroatoms. The summed E-state index contributed by atoms with van der Waals surface area (Å²) in [6.07, 6.45) is 5.10. The van der Waals surface area contributed by atoms with Crippen LogP contribution in [-0.4, -0.2) is 6.04 Å². The molecule has 0 aliphatic heterocycles. The van der Waals surface area contributed by atoms with Crippen LogP contribution in [0.5, 0.6) is 0 Å². The first kappa shape index (κ1) is 10.4. The zero-order valence-corrected chi connectivity index (χ0v) is 10.4. The van der Waals surface area contributed by atoms with Gasteiger partial charge in [0.25, 0.3) is 0 Å². The van der Waals surface area contributed by atoms with Crippen LogP contribution in [0.3, 0.4) is 0 Å². The number of nitrogens with two attached hydrogens (primary N) is 1. The number of hydrogen-bond acceptors (Lipinski definition) is 1. The molecule has 0 aromatic heterocycles. The van der Waals surface area contributed by atoms with Crippen LogP contribution in [0.4, 0.5) is 0 Å². The van der Waals surface area contributed by atoms with Gasteiger partial charge in [-0.3, -0.25) is 0 Å². The van der Waals surface area contributed by atoms with E-state index in [1.54, 1.807) is 0 Å². The Labute approximate surface area is 99.2 Å². The normalized spacial score (nSPS) is 27.6. The van der Waals surface area contributed by atoms with E-state index in [1.165, 1.54) is 34.8 Å². The molecule has 1 fully saturated rings. The minimum Gasteiger partial charge on any atom is -0.327 e. The highest BCUT2D eigenvalue weighted by molar-refractivity contribution is 14.1. The molecule has 2 rings (SSSR count). The Morgan fingerprint density at radius 1 is 1.14 bits per heavy atom. The van der Waals surface area contributed by atoms with E-state index in [2.05, 4.69) is 46.9 Å². The summed E-state index contributed by atoms with van der Waals surface area (Å²) in [4.78, 5) is 0. The Morgan fingerprint density at radius 2 is 1.86 bits per heavy atom. The zero-order valence-electron chi connectivity index (χ0n) is 8.25. The standard InChI is InChI=1S/C12H16IN/c13-11-7-3-1-5-9(11)10-6-2-4-8-12(10)14/h1,3,5,7,10,12H,2,4,6,8,14H2/t10-,12+/m0/s1. The van der Waals surface area contributed by atoms with Crippen molar-refractivity contribution in [2.24, 2.45) is 5.73 Å². The largest absolute Gasteiger partial charge is 0.327 e. The number of halogens is 1.